The molecule has 0 aromatic carbocycles. The number of rotatable bonds is 7. The van der Waals surface area contributed by atoms with Crippen molar-refractivity contribution in [3.63, 3.8) is 0 Å². The molecule has 4 heteroatoms. The standard InChI is InChI=1S/C26H42O4/c1-4-6-19-7-9-20(10-8-19)21-11-13-22(14-12-21)23-15-16-24(26(28)29-5-2)25(17-23)30-18(3)27/h19-23H,4-17H2,1-3H3/t19-,20-,21?,22?,23?. The molecule has 0 aliphatic heterocycles. The number of hydrogen-bond acceptors (Lipinski definition) is 4. The molecule has 3 aliphatic carbocycles. The average Bonchev–Trinajstić information content (AvgIpc) is 2.74. The molecule has 0 bridgehead atoms. The molecule has 2 fully saturated rings. The maximum absolute atomic E-state index is 12.3. The molecular formula is C26H42O4. The molecule has 0 aromatic rings. The Hall–Kier alpha value is -1.32. The van der Waals surface area contributed by atoms with Gasteiger partial charge in [0.25, 0.3) is 0 Å². The summed E-state index contributed by atoms with van der Waals surface area (Å²) in [6, 6.07) is 0. The zero-order valence-electron chi connectivity index (χ0n) is 19.4. The Morgan fingerprint density at radius 1 is 0.833 bits per heavy atom. The summed E-state index contributed by atoms with van der Waals surface area (Å²) in [7, 11) is 0. The number of allylic oxidation sites excluding steroid dienone is 1. The van der Waals surface area contributed by atoms with E-state index in [2.05, 4.69) is 6.92 Å². The van der Waals surface area contributed by atoms with Gasteiger partial charge in [0.1, 0.15) is 5.76 Å². The highest BCUT2D eigenvalue weighted by atomic mass is 16.5. The molecule has 0 amide bonds. The minimum Gasteiger partial charge on any atom is -0.463 e. The smallest absolute Gasteiger partial charge is 0.337 e. The van der Waals surface area contributed by atoms with Crippen molar-refractivity contribution in [3.05, 3.63) is 11.3 Å². The van der Waals surface area contributed by atoms with E-state index in [1.807, 2.05) is 6.92 Å². The predicted octanol–water partition coefficient (Wildman–Crippen LogP) is 6.58. The van der Waals surface area contributed by atoms with Gasteiger partial charge in [0.15, 0.2) is 0 Å². The SMILES string of the molecule is CCC[C@H]1CC[C@H](C2CCC(C3CCC(C(=O)OCC)=C(OC(C)=O)C3)CC2)CC1. The van der Waals surface area contributed by atoms with Gasteiger partial charge in [-0.3, -0.25) is 4.79 Å². The summed E-state index contributed by atoms with van der Waals surface area (Å²) < 4.78 is 10.7. The molecule has 170 valence electrons. The summed E-state index contributed by atoms with van der Waals surface area (Å²) in [6.07, 6.45) is 16.3. The first-order valence-electron chi connectivity index (χ1n) is 12.6. The number of esters is 2. The van der Waals surface area contributed by atoms with E-state index in [-0.39, 0.29) is 11.9 Å². The quantitative estimate of drug-likeness (QED) is 0.438. The summed E-state index contributed by atoms with van der Waals surface area (Å²) in [5, 5.41) is 0. The second kappa shape index (κ2) is 11.3. The molecule has 0 spiro atoms. The van der Waals surface area contributed by atoms with E-state index < -0.39 is 0 Å². The van der Waals surface area contributed by atoms with Crippen molar-refractivity contribution in [3.8, 4) is 0 Å². The molecule has 0 saturated heterocycles. The van der Waals surface area contributed by atoms with Gasteiger partial charge in [-0.25, -0.2) is 4.79 Å². The van der Waals surface area contributed by atoms with Gasteiger partial charge >= 0.3 is 11.9 Å². The highest BCUT2D eigenvalue weighted by Crippen LogP contribution is 2.46. The van der Waals surface area contributed by atoms with Gasteiger partial charge in [0.2, 0.25) is 0 Å². The molecule has 1 unspecified atom stereocenters. The molecule has 2 saturated carbocycles. The maximum atomic E-state index is 12.3. The first kappa shape index (κ1) is 23.3. The summed E-state index contributed by atoms with van der Waals surface area (Å²) in [5.41, 5.74) is 0.584. The van der Waals surface area contributed by atoms with Crippen LogP contribution in [0.1, 0.15) is 104 Å². The summed E-state index contributed by atoms with van der Waals surface area (Å²) in [5.74, 6) is 4.02. The lowest BCUT2D eigenvalue weighted by Crippen LogP contribution is -2.30. The summed E-state index contributed by atoms with van der Waals surface area (Å²) in [4.78, 5) is 23.9. The maximum Gasteiger partial charge on any atom is 0.337 e. The number of carbonyl (C=O) groups excluding carboxylic acids is 2. The third kappa shape index (κ3) is 6.11. The van der Waals surface area contributed by atoms with Crippen LogP contribution in [0, 0.1) is 29.6 Å². The molecule has 0 radical (unpaired) electrons. The van der Waals surface area contributed by atoms with E-state index in [0.29, 0.717) is 42.6 Å². The highest BCUT2D eigenvalue weighted by molar-refractivity contribution is 5.89. The van der Waals surface area contributed by atoms with Crippen LogP contribution in [0.5, 0.6) is 0 Å². The number of carbonyl (C=O) groups is 2. The largest absolute Gasteiger partial charge is 0.463 e. The molecule has 0 N–H and O–H groups in total. The van der Waals surface area contributed by atoms with E-state index >= 15 is 0 Å². The van der Waals surface area contributed by atoms with Gasteiger partial charge in [-0.2, -0.15) is 0 Å². The van der Waals surface area contributed by atoms with Crippen molar-refractivity contribution >= 4 is 11.9 Å². The van der Waals surface area contributed by atoms with Crippen LogP contribution < -0.4 is 0 Å². The van der Waals surface area contributed by atoms with Crippen molar-refractivity contribution in [2.75, 3.05) is 6.61 Å². The average molecular weight is 419 g/mol. The Bertz CT molecular complexity index is 607. The van der Waals surface area contributed by atoms with Crippen molar-refractivity contribution < 1.29 is 19.1 Å². The lowest BCUT2D eigenvalue weighted by molar-refractivity contribution is -0.140. The van der Waals surface area contributed by atoms with Gasteiger partial charge in [-0.1, -0.05) is 32.6 Å². The zero-order valence-corrected chi connectivity index (χ0v) is 19.4. The van der Waals surface area contributed by atoms with Crippen molar-refractivity contribution in [2.45, 2.75) is 104 Å². The molecular weight excluding hydrogens is 376 g/mol. The number of ether oxygens (including phenoxy) is 2. The van der Waals surface area contributed by atoms with Crippen LogP contribution >= 0.6 is 0 Å². The molecule has 3 rings (SSSR count). The first-order chi connectivity index (χ1) is 14.5. The van der Waals surface area contributed by atoms with E-state index in [9.17, 15) is 9.59 Å². The van der Waals surface area contributed by atoms with E-state index in [0.717, 1.165) is 24.2 Å². The fraction of sp³-hybridized carbons (Fsp3) is 0.846. The third-order valence-electron chi connectivity index (χ3n) is 8.08. The Kier molecular flexibility index (Phi) is 8.83. The molecule has 4 nitrogen and oxygen atoms in total. The van der Waals surface area contributed by atoms with Gasteiger partial charge < -0.3 is 9.47 Å². The molecule has 3 aliphatic rings. The Balaban J connectivity index is 1.52. The highest BCUT2D eigenvalue weighted by Gasteiger charge is 2.36. The topological polar surface area (TPSA) is 52.6 Å². The van der Waals surface area contributed by atoms with Gasteiger partial charge in [-0.15, -0.1) is 0 Å². The van der Waals surface area contributed by atoms with Gasteiger partial charge in [0.05, 0.1) is 12.2 Å². The second-order valence-electron chi connectivity index (χ2n) is 9.96. The Morgan fingerprint density at radius 3 is 1.93 bits per heavy atom. The van der Waals surface area contributed by atoms with E-state index in [1.165, 1.54) is 71.1 Å². The fourth-order valence-corrected chi connectivity index (χ4v) is 6.49. The van der Waals surface area contributed by atoms with Gasteiger partial charge in [0, 0.05) is 13.3 Å². The monoisotopic (exact) mass is 418 g/mol. The van der Waals surface area contributed by atoms with Crippen LogP contribution in [0.3, 0.4) is 0 Å². The van der Waals surface area contributed by atoms with E-state index in [1.54, 1.807) is 0 Å². The van der Waals surface area contributed by atoms with Gasteiger partial charge in [-0.05, 0) is 87.9 Å². The molecule has 0 heterocycles. The van der Waals surface area contributed by atoms with Crippen LogP contribution in [0.4, 0.5) is 0 Å². The molecule has 1 atom stereocenters. The Labute approximate surface area is 183 Å². The zero-order chi connectivity index (χ0) is 21.5. The number of hydrogen-bond donors (Lipinski definition) is 0. The lowest BCUT2D eigenvalue weighted by atomic mass is 9.65. The fourth-order valence-electron chi connectivity index (χ4n) is 6.49. The third-order valence-corrected chi connectivity index (χ3v) is 8.08. The van der Waals surface area contributed by atoms with Crippen LogP contribution in [-0.2, 0) is 19.1 Å². The van der Waals surface area contributed by atoms with Crippen LogP contribution in [0.15, 0.2) is 11.3 Å². The lowest BCUT2D eigenvalue weighted by Gasteiger charge is -2.40. The van der Waals surface area contributed by atoms with Crippen molar-refractivity contribution in [1.82, 2.24) is 0 Å². The minimum atomic E-state index is -0.338. The summed E-state index contributed by atoms with van der Waals surface area (Å²) in [6.45, 7) is 5.89. The van der Waals surface area contributed by atoms with Crippen molar-refractivity contribution in [2.24, 2.45) is 29.6 Å². The van der Waals surface area contributed by atoms with Crippen LogP contribution in [0.25, 0.3) is 0 Å². The molecule has 30 heavy (non-hydrogen) atoms. The normalized spacial score (nSPS) is 32.6. The first-order valence-corrected chi connectivity index (χ1v) is 12.6. The second-order valence-corrected chi connectivity index (χ2v) is 9.96. The summed E-state index contributed by atoms with van der Waals surface area (Å²) >= 11 is 0. The Morgan fingerprint density at radius 2 is 1.40 bits per heavy atom. The van der Waals surface area contributed by atoms with Crippen molar-refractivity contribution in [1.29, 1.82) is 0 Å². The van der Waals surface area contributed by atoms with E-state index in [4.69, 9.17) is 9.47 Å². The van der Waals surface area contributed by atoms with Crippen LogP contribution in [0.2, 0.25) is 0 Å². The predicted molar refractivity (Wildman–Crippen MR) is 119 cm³/mol. The minimum absolute atomic E-state index is 0.311. The van der Waals surface area contributed by atoms with Crippen LogP contribution in [-0.4, -0.2) is 18.5 Å². The molecule has 0 aromatic heterocycles.